The van der Waals surface area contributed by atoms with Gasteiger partial charge in [-0.25, -0.2) is 4.79 Å². The zero-order chi connectivity index (χ0) is 23.8. The first kappa shape index (κ1) is 20.3. The summed E-state index contributed by atoms with van der Waals surface area (Å²) in [6.07, 6.45) is 1.77. The Morgan fingerprint density at radius 3 is 2.47 bits per heavy atom. The van der Waals surface area contributed by atoms with Crippen LogP contribution in [0.25, 0.3) is 0 Å². The summed E-state index contributed by atoms with van der Waals surface area (Å²) < 4.78 is 7.42. The van der Waals surface area contributed by atoms with Crippen LogP contribution in [-0.4, -0.2) is 23.1 Å². The number of benzene rings is 2. The molecule has 4 heterocycles. The van der Waals surface area contributed by atoms with Crippen LogP contribution < -0.4 is 10.2 Å². The molecule has 1 N–H and O–H groups in total. The van der Waals surface area contributed by atoms with Crippen LogP contribution in [0.4, 0.5) is 17.2 Å². The summed E-state index contributed by atoms with van der Waals surface area (Å²) in [5.41, 5.74) is 1.85. The average Bonchev–Trinajstić information content (AvgIpc) is 3.46. The summed E-state index contributed by atoms with van der Waals surface area (Å²) in [4.78, 5) is 29.5. The van der Waals surface area contributed by atoms with Gasteiger partial charge in [0, 0.05) is 28.6 Å². The Bertz CT molecular complexity index is 1470. The van der Waals surface area contributed by atoms with Gasteiger partial charge < -0.3 is 14.6 Å². The monoisotopic (exact) mass is 450 g/mol. The molecule has 0 saturated heterocycles. The fourth-order valence-corrected chi connectivity index (χ4v) is 5.47. The molecule has 2 aromatic carbocycles. The number of nitriles is 1. The molecule has 1 aromatic heterocycles. The standard InChI is InChI=1S/C27H22N4O3/c1-26(2,3)30-14-16(13-28)21-23(30)29-19-15-34-24(32)22(19)27(21)18-11-7-8-12-20(18)31(25(27)33)17-9-5-4-6-10-17/h4-12,14,29H,15H2,1-3H3/t27-/m1/s1. The quantitative estimate of drug-likeness (QED) is 0.558. The van der Waals surface area contributed by atoms with Crippen molar-refractivity contribution in [2.75, 3.05) is 16.8 Å². The number of para-hydroxylation sites is 2. The van der Waals surface area contributed by atoms with Gasteiger partial charge in [0.25, 0.3) is 5.91 Å². The minimum Gasteiger partial charge on any atom is -0.456 e. The third-order valence-electron chi connectivity index (χ3n) is 6.81. The fourth-order valence-electron chi connectivity index (χ4n) is 5.47. The molecule has 168 valence electrons. The average molecular weight is 450 g/mol. The van der Waals surface area contributed by atoms with E-state index in [1.54, 1.807) is 11.1 Å². The van der Waals surface area contributed by atoms with E-state index in [0.717, 1.165) is 0 Å². The molecule has 3 aliphatic rings. The molecule has 0 unspecified atom stereocenters. The molecule has 3 aromatic rings. The van der Waals surface area contributed by atoms with Gasteiger partial charge >= 0.3 is 5.97 Å². The number of esters is 1. The van der Waals surface area contributed by atoms with Crippen molar-refractivity contribution >= 4 is 29.1 Å². The summed E-state index contributed by atoms with van der Waals surface area (Å²) in [5.74, 6) is -0.199. The lowest BCUT2D eigenvalue weighted by Gasteiger charge is -2.36. The highest BCUT2D eigenvalue weighted by molar-refractivity contribution is 6.23. The minimum atomic E-state index is -1.49. The highest BCUT2D eigenvalue weighted by Crippen LogP contribution is 2.59. The Morgan fingerprint density at radius 2 is 1.76 bits per heavy atom. The van der Waals surface area contributed by atoms with Crippen molar-refractivity contribution in [1.82, 2.24) is 4.57 Å². The number of nitrogens with one attached hydrogen (secondary N) is 1. The first-order chi connectivity index (χ1) is 16.3. The number of fused-ring (bicyclic) bond motifs is 5. The number of hydrogen-bond donors (Lipinski definition) is 1. The van der Waals surface area contributed by atoms with Gasteiger partial charge in [-0.15, -0.1) is 0 Å². The van der Waals surface area contributed by atoms with Crippen LogP contribution in [0.2, 0.25) is 0 Å². The number of aromatic nitrogens is 1. The van der Waals surface area contributed by atoms with E-state index in [2.05, 4.69) is 11.4 Å². The van der Waals surface area contributed by atoms with Crippen molar-refractivity contribution in [3.63, 3.8) is 0 Å². The molecular formula is C27H22N4O3. The smallest absolute Gasteiger partial charge is 0.338 e. The number of nitrogens with zero attached hydrogens (tertiary/aromatic N) is 3. The maximum Gasteiger partial charge on any atom is 0.338 e. The Morgan fingerprint density at radius 1 is 1.06 bits per heavy atom. The number of hydrogen-bond acceptors (Lipinski definition) is 5. The second kappa shape index (κ2) is 6.61. The van der Waals surface area contributed by atoms with Crippen LogP contribution >= 0.6 is 0 Å². The van der Waals surface area contributed by atoms with Gasteiger partial charge in [0.15, 0.2) is 0 Å². The molecule has 3 aliphatic heterocycles. The first-order valence-electron chi connectivity index (χ1n) is 11.1. The van der Waals surface area contributed by atoms with Crippen molar-refractivity contribution in [3.05, 3.63) is 88.8 Å². The zero-order valence-corrected chi connectivity index (χ0v) is 19.0. The van der Waals surface area contributed by atoms with Crippen molar-refractivity contribution in [1.29, 1.82) is 5.26 Å². The maximum atomic E-state index is 14.7. The molecule has 1 atom stereocenters. The lowest BCUT2D eigenvalue weighted by Crippen LogP contribution is -2.46. The van der Waals surface area contributed by atoms with Crippen LogP contribution in [0.5, 0.6) is 0 Å². The molecule has 1 spiro atoms. The van der Waals surface area contributed by atoms with Crippen molar-refractivity contribution < 1.29 is 14.3 Å². The largest absolute Gasteiger partial charge is 0.456 e. The minimum absolute atomic E-state index is 0.0490. The predicted octanol–water partition coefficient (Wildman–Crippen LogP) is 4.32. The maximum absolute atomic E-state index is 14.7. The topological polar surface area (TPSA) is 87.4 Å². The highest BCUT2D eigenvalue weighted by atomic mass is 16.5. The Hall–Kier alpha value is -4.31. The fraction of sp³-hybridized carbons (Fsp3) is 0.222. The van der Waals surface area contributed by atoms with E-state index in [4.69, 9.17) is 4.74 Å². The second-order valence-corrected chi connectivity index (χ2v) is 9.72. The van der Waals surface area contributed by atoms with E-state index >= 15 is 0 Å². The Balaban J connectivity index is 1.77. The van der Waals surface area contributed by atoms with Gasteiger partial charge in [-0.2, -0.15) is 5.26 Å². The predicted molar refractivity (Wildman–Crippen MR) is 127 cm³/mol. The summed E-state index contributed by atoms with van der Waals surface area (Å²) in [6.45, 7) is 6.14. The molecule has 0 radical (unpaired) electrons. The molecule has 34 heavy (non-hydrogen) atoms. The number of carbonyl (C=O) groups excluding carboxylic acids is 2. The van der Waals surface area contributed by atoms with Crippen molar-refractivity contribution in [3.8, 4) is 6.07 Å². The van der Waals surface area contributed by atoms with E-state index < -0.39 is 11.4 Å². The lowest BCUT2D eigenvalue weighted by atomic mass is 9.67. The summed E-state index contributed by atoms with van der Waals surface area (Å²) in [6, 6.07) is 19.1. The number of rotatable bonds is 1. The molecule has 0 bridgehead atoms. The number of amides is 1. The SMILES string of the molecule is CC(C)(C)n1cc(C#N)c2c1NC1=C(C(=O)OC1)[C@]21C(=O)N(c2ccccc2)c2ccccc21. The lowest BCUT2D eigenvalue weighted by molar-refractivity contribution is -0.137. The van der Waals surface area contributed by atoms with Crippen LogP contribution in [0.1, 0.15) is 37.5 Å². The molecule has 0 fully saturated rings. The van der Waals surface area contributed by atoms with Gasteiger partial charge in [-0.05, 0) is 39.0 Å². The van der Waals surface area contributed by atoms with Crippen LogP contribution in [0.3, 0.4) is 0 Å². The summed E-state index contributed by atoms with van der Waals surface area (Å²) in [7, 11) is 0. The molecule has 0 saturated carbocycles. The van der Waals surface area contributed by atoms with Crippen molar-refractivity contribution in [2.24, 2.45) is 0 Å². The van der Waals surface area contributed by atoms with Gasteiger partial charge in [-0.1, -0.05) is 36.4 Å². The van der Waals surface area contributed by atoms with Crippen LogP contribution in [0.15, 0.2) is 72.1 Å². The third kappa shape index (κ3) is 2.35. The second-order valence-electron chi connectivity index (χ2n) is 9.72. The van der Waals surface area contributed by atoms with E-state index in [1.807, 2.05) is 79.9 Å². The van der Waals surface area contributed by atoms with Gasteiger partial charge in [-0.3, -0.25) is 9.69 Å². The van der Waals surface area contributed by atoms with E-state index in [-0.39, 0.29) is 23.6 Å². The summed E-state index contributed by atoms with van der Waals surface area (Å²) >= 11 is 0. The summed E-state index contributed by atoms with van der Waals surface area (Å²) in [5, 5.41) is 13.5. The number of carbonyl (C=O) groups is 2. The van der Waals surface area contributed by atoms with E-state index in [0.29, 0.717) is 39.6 Å². The van der Waals surface area contributed by atoms with Gasteiger partial charge in [0.05, 0.1) is 22.5 Å². The Labute approximate surface area is 196 Å². The molecule has 7 heteroatoms. The Kier molecular flexibility index (Phi) is 3.95. The van der Waals surface area contributed by atoms with E-state index in [9.17, 15) is 14.9 Å². The first-order valence-corrected chi connectivity index (χ1v) is 11.1. The van der Waals surface area contributed by atoms with Crippen LogP contribution in [-0.2, 0) is 25.3 Å². The van der Waals surface area contributed by atoms with Crippen LogP contribution in [0, 0.1) is 11.3 Å². The normalized spacial score (nSPS) is 20.6. The zero-order valence-electron chi connectivity index (χ0n) is 19.0. The molecule has 1 amide bonds. The molecule has 0 aliphatic carbocycles. The molecule has 6 rings (SSSR count). The number of ether oxygens (including phenoxy) is 1. The third-order valence-corrected chi connectivity index (χ3v) is 6.81. The highest BCUT2D eigenvalue weighted by Gasteiger charge is 2.63. The van der Waals surface area contributed by atoms with Crippen molar-refractivity contribution in [2.45, 2.75) is 31.7 Å². The van der Waals surface area contributed by atoms with E-state index in [1.165, 1.54) is 0 Å². The van der Waals surface area contributed by atoms with Gasteiger partial charge in [0.1, 0.15) is 23.9 Å². The number of anilines is 3. The molecular weight excluding hydrogens is 428 g/mol. The van der Waals surface area contributed by atoms with Gasteiger partial charge in [0.2, 0.25) is 0 Å². The molecule has 7 nitrogen and oxygen atoms in total. The number of cyclic esters (lactones) is 1.